The van der Waals surface area contributed by atoms with E-state index in [9.17, 15) is 0 Å². The third-order valence-corrected chi connectivity index (χ3v) is 2.22. The van der Waals surface area contributed by atoms with Crippen LogP contribution in [0.1, 0.15) is 25.8 Å². The first-order valence-electron chi connectivity index (χ1n) is 5.33. The molecule has 0 bridgehead atoms. The molecule has 1 aromatic carbocycles. The quantitative estimate of drug-likeness (QED) is 0.802. The summed E-state index contributed by atoms with van der Waals surface area (Å²) in [6, 6.07) is 7.88. The van der Waals surface area contributed by atoms with Crippen molar-refractivity contribution in [1.29, 1.82) is 0 Å². The first-order valence-corrected chi connectivity index (χ1v) is 5.33. The highest BCUT2D eigenvalue weighted by Gasteiger charge is 1.94. The molecule has 0 fully saturated rings. The van der Waals surface area contributed by atoms with Gasteiger partial charge in [-0.15, -0.1) is 0 Å². The fourth-order valence-corrected chi connectivity index (χ4v) is 1.32. The van der Waals surface area contributed by atoms with Crippen LogP contribution in [0.4, 0.5) is 0 Å². The van der Waals surface area contributed by atoms with E-state index in [1.54, 1.807) is 0 Å². The summed E-state index contributed by atoms with van der Waals surface area (Å²) in [6.07, 6.45) is 2.89. The number of rotatable bonds is 5. The Balaban J connectivity index is 2.75. The van der Waals surface area contributed by atoms with Gasteiger partial charge < -0.3 is 9.84 Å². The van der Waals surface area contributed by atoms with Gasteiger partial charge in [-0.3, -0.25) is 0 Å². The van der Waals surface area contributed by atoms with Crippen LogP contribution in [0.5, 0.6) is 5.75 Å². The summed E-state index contributed by atoms with van der Waals surface area (Å²) in [7, 11) is 0. The lowest BCUT2D eigenvalue weighted by atomic mass is 10.1. The predicted molar refractivity (Wildman–Crippen MR) is 63.0 cm³/mol. The lowest BCUT2D eigenvalue weighted by Gasteiger charge is -2.03. The van der Waals surface area contributed by atoms with Crippen LogP contribution in [0.2, 0.25) is 0 Å². The van der Waals surface area contributed by atoms with Crippen molar-refractivity contribution in [3.8, 4) is 5.75 Å². The van der Waals surface area contributed by atoms with Gasteiger partial charge >= 0.3 is 0 Å². The van der Waals surface area contributed by atoms with Gasteiger partial charge in [0.1, 0.15) is 5.75 Å². The lowest BCUT2D eigenvalue weighted by Crippen LogP contribution is -1.91. The average Bonchev–Trinajstić information content (AvgIpc) is 2.28. The van der Waals surface area contributed by atoms with Crippen molar-refractivity contribution in [3.05, 3.63) is 35.4 Å². The lowest BCUT2D eigenvalue weighted by molar-refractivity contribution is 0.329. The first kappa shape index (κ1) is 11.8. The van der Waals surface area contributed by atoms with Crippen LogP contribution in [0.3, 0.4) is 0 Å². The third-order valence-electron chi connectivity index (χ3n) is 2.22. The second-order valence-electron chi connectivity index (χ2n) is 3.32. The number of benzene rings is 1. The summed E-state index contributed by atoms with van der Waals surface area (Å²) in [5.41, 5.74) is 2.14. The van der Waals surface area contributed by atoms with Crippen molar-refractivity contribution in [2.45, 2.75) is 20.3 Å². The van der Waals surface area contributed by atoms with Crippen molar-refractivity contribution < 1.29 is 9.84 Å². The Bertz CT molecular complexity index is 306. The highest BCUT2D eigenvalue weighted by atomic mass is 16.5. The second-order valence-corrected chi connectivity index (χ2v) is 3.32. The van der Waals surface area contributed by atoms with Gasteiger partial charge in [0.2, 0.25) is 0 Å². The third kappa shape index (κ3) is 3.76. The van der Waals surface area contributed by atoms with Gasteiger partial charge in [0.25, 0.3) is 0 Å². The van der Waals surface area contributed by atoms with Crippen LogP contribution in [0.15, 0.2) is 29.8 Å². The predicted octanol–water partition coefficient (Wildman–Crippen LogP) is 2.87. The zero-order chi connectivity index (χ0) is 11.1. The van der Waals surface area contributed by atoms with Crippen molar-refractivity contribution in [2.24, 2.45) is 0 Å². The van der Waals surface area contributed by atoms with Gasteiger partial charge in [-0.1, -0.05) is 25.1 Å². The zero-order valence-corrected chi connectivity index (χ0v) is 9.36. The summed E-state index contributed by atoms with van der Waals surface area (Å²) >= 11 is 0. The molecule has 2 heteroatoms. The highest BCUT2D eigenvalue weighted by molar-refractivity contribution is 5.54. The topological polar surface area (TPSA) is 29.5 Å². The standard InChI is InChI=1S/C13H18O2/c1-3-11(10-14)9-12-5-7-13(8-6-12)15-4-2/h5-9,14H,3-4,10H2,1-2H3. The van der Waals surface area contributed by atoms with E-state index in [1.165, 1.54) is 0 Å². The second kappa shape index (κ2) is 6.25. The molecule has 0 spiro atoms. The van der Waals surface area contributed by atoms with Gasteiger partial charge in [0.05, 0.1) is 13.2 Å². The highest BCUT2D eigenvalue weighted by Crippen LogP contribution is 2.15. The molecule has 0 heterocycles. The minimum absolute atomic E-state index is 0.129. The minimum Gasteiger partial charge on any atom is -0.494 e. The van der Waals surface area contributed by atoms with Crippen LogP contribution in [-0.2, 0) is 0 Å². The van der Waals surface area contributed by atoms with Gasteiger partial charge in [-0.05, 0) is 36.6 Å². The number of ether oxygens (including phenoxy) is 1. The Kier molecular flexibility index (Phi) is 4.91. The molecule has 0 aliphatic carbocycles. The number of aliphatic hydroxyl groups excluding tert-OH is 1. The van der Waals surface area contributed by atoms with Crippen LogP contribution in [0.25, 0.3) is 6.08 Å². The molecular weight excluding hydrogens is 188 g/mol. The van der Waals surface area contributed by atoms with Gasteiger partial charge in [-0.25, -0.2) is 0 Å². The van der Waals surface area contributed by atoms with E-state index in [2.05, 4.69) is 0 Å². The van der Waals surface area contributed by atoms with Crippen molar-refractivity contribution in [2.75, 3.05) is 13.2 Å². The largest absolute Gasteiger partial charge is 0.494 e. The van der Waals surface area contributed by atoms with Gasteiger partial charge in [-0.2, -0.15) is 0 Å². The minimum atomic E-state index is 0.129. The van der Waals surface area contributed by atoms with Crippen molar-refractivity contribution in [3.63, 3.8) is 0 Å². The zero-order valence-electron chi connectivity index (χ0n) is 9.36. The Hall–Kier alpha value is -1.28. The van der Waals surface area contributed by atoms with Crippen molar-refractivity contribution in [1.82, 2.24) is 0 Å². The maximum atomic E-state index is 9.03. The maximum absolute atomic E-state index is 9.03. The summed E-state index contributed by atoms with van der Waals surface area (Å²) in [4.78, 5) is 0. The molecule has 1 rings (SSSR count). The summed E-state index contributed by atoms with van der Waals surface area (Å²) in [5.74, 6) is 0.886. The molecule has 0 aromatic heterocycles. The van der Waals surface area contributed by atoms with Crippen LogP contribution in [0, 0.1) is 0 Å². The Morgan fingerprint density at radius 1 is 1.27 bits per heavy atom. The normalized spacial score (nSPS) is 11.5. The van der Waals surface area contributed by atoms with Crippen LogP contribution in [-0.4, -0.2) is 18.3 Å². The molecule has 0 atom stereocenters. The van der Waals surface area contributed by atoms with Gasteiger partial charge in [0.15, 0.2) is 0 Å². The van der Waals surface area contributed by atoms with Crippen LogP contribution < -0.4 is 4.74 Å². The van der Waals surface area contributed by atoms with E-state index in [0.29, 0.717) is 6.61 Å². The Morgan fingerprint density at radius 3 is 2.40 bits per heavy atom. The Labute approximate surface area is 91.2 Å². The smallest absolute Gasteiger partial charge is 0.119 e. The average molecular weight is 206 g/mol. The molecule has 0 unspecified atom stereocenters. The molecule has 15 heavy (non-hydrogen) atoms. The van der Waals surface area contributed by atoms with Crippen LogP contribution >= 0.6 is 0 Å². The molecule has 2 nitrogen and oxygen atoms in total. The van der Waals surface area contributed by atoms with E-state index in [-0.39, 0.29) is 6.61 Å². The van der Waals surface area contributed by atoms with Gasteiger partial charge in [0, 0.05) is 0 Å². The molecule has 0 aliphatic heterocycles. The molecule has 0 aliphatic rings. The molecule has 1 aromatic rings. The SMILES string of the molecule is CCOc1ccc(C=C(CC)CO)cc1. The number of hydrogen-bond acceptors (Lipinski definition) is 2. The first-order chi connectivity index (χ1) is 7.30. The molecule has 82 valence electrons. The fourth-order valence-electron chi connectivity index (χ4n) is 1.32. The summed E-state index contributed by atoms with van der Waals surface area (Å²) in [5, 5.41) is 9.03. The monoisotopic (exact) mass is 206 g/mol. The van der Waals surface area contributed by atoms with E-state index >= 15 is 0 Å². The summed E-state index contributed by atoms with van der Waals surface area (Å²) in [6.45, 7) is 4.82. The summed E-state index contributed by atoms with van der Waals surface area (Å²) < 4.78 is 5.35. The number of hydrogen-bond donors (Lipinski definition) is 1. The number of aliphatic hydroxyl groups is 1. The van der Waals surface area contributed by atoms with Crippen molar-refractivity contribution >= 4 is 6.08 Å². The molecule has 0 saturated carbocycles. The molecule has 0 radical (unpaired) electrons. The van der Waals surface area contributed by atoms with E-state index in [4.69, 9.17) is 9.84 Å². The molecule has 0 amide bonds. The van der Waals surface area contributed by atoms with E-state index in [1.807, 2.05) is 44.2 Å². The molecule has 0 saturated heterocycles. The molecule has 1 N–H and O–H groups in total. The maximum Gasteiger partial charge on any atom is 0.119 e. The molecular formula is C13H18O2. The Morgan fingerprint density at radius 2 is 1.93 bits per heavy atom. The van der Waals surface area contributed by atoms with E-state index in [0.717, 1.165) is 23.3 Å². The van der Waals surface area contributed by atoms with E-state index < -0.39 is 0 Å². The fraction of sp³-hybridized carbons (Fsp3) is 0.385.